The number of aryl methyl sites for hydroxylation is 1. The highest BCUT2D eigenvalue weighted by Gasteiger charge is 2.29. The van der Waals surface area contributed by atoms with Gasteiger partial charge in [-0.05, 0) is 33.2 Å². The highest BCUT2D eigenvalue weighted by Crippen LogP contribution is 2.32. The average Bonchev–Trinajstić information content (AvgIpc) is 2.71. The Bertz CT molecular complexity index is 350. The lowest BCUT2D eigenvalue weighted by atomic mass is 10.0. The fourth-order valence-electron chi connectivity index (χ4n) is 2.53. The fraction of sp³-hybridized carbons (Fsp3) is 0.750. The van der Waals surface area contributed by atoms with Gasteiger partial charge in [0.1, 0.15) is 0 Å². The number of nitrogens with zero attached hydrogens (tertiary/aromatic N) is 3. The highest BCUT2D eigenvalue weighted by atomic mass is 15.3. The van der Waals surface area contributed by atoms with Crippen molar-refractivity contribution in [2.45, 2.75) is 38.3 Å². The van der Waals surface area contributed by atoms with Crippen molar-refractivity contribution in [3.8, 4) is 0 Å². The molecule has 2 rings (SSSR count). The molecule has 0 aromatic carbocycles. The first-order valence-corrected chi connectivity index (χ1v) is 5.97. The van der Waals surface area contributed by atoms with E-state index >= 15 is 0 Å². The van der Waals surface area contributed by atoms with E-state index in [1.165, 1.54) is 18.4 Å². The summed E-state index contributed by atoms with van der Waals surface area (Å²) in [6, 6.07) is 0.511. The summed E-state index contributed by atoms with van der Waals surface area (Å²) in [5.41, 5.74) is 7.30. The van der Waals surface area contributed by atoms with Crippen molar-refractivity contribution in [3.63, 3.8) is 0 Å². The summed E-state index contributed by atoms with van der Waals surface area (Å²) in [5.74, 6) is 0. The van der Waals surface area contributed by atoms with Crippen LogP contribution in [-0.4, -0.2) is 33.3 Å². The first-order chi connectivity index (χ1) is 7.46. The van der Waals surface area contributed by atoms with Gasteiger partial charge in [0.25, 0.3) is 0 Å². The summed E-state index contributed by atoms with van der Waals surface area (Å²) in [4.78, 5) is 2.48. The van der Waals surface area contributed by atoms with E-state index in [9.17, 15) is 0 Å². The van der Waals surface area contributed by atoms with Crippen LogP contribution in [0.2, 0.25) is 0 Å². The Labute approximate surface area is 97.4 Å². The van der Waals surface area contributed by atoms with Crippen molar-refractivity contribution in [1.82, 2.24) is 14.7 Å². The summed E-state index contributed by atoms with van der Waals surface area (Å²) < 4.78 is 1.87. The molecule has 1 aromatic heterocycles. The molecule has 1 aromatic rings. The molecule has 0 amide bonds. The zero-order chi connectivity index (χ0) is 11.8. The van der Waals surface area contributed by atoms with Crippen LogP contribution in [-0.2, 0) is 7.05 Å². The molecular formula is C12H22N4. The SMILES string of the molecule is Cn1cc(C2CCCN2CC(C)(C)N)cn1. The van der Waals surface area contributed by atoms with Gasteiger partial charge in [-0.3, -0.25) is 9.58 Å². The van der Waals surface area contributed by atoms with Crippen molar-refractivity contribution in [3.05, 3.63) is 18.0 Å². The third-order valence-electron chi connectivity index (χ3n) is 3.08. The first-order valence-electron chi connectivity index (χ1n) is 5.97. The van der Waals surface area contributed by atoms with Crippen LogP contribution in [0.3, 0.4) is 0 Å². The van der Waals surface area contributed by atoms with Crippen LogP contribution in [0.15, 0.2) is 12.4 Å². The molecule has 0 saturated carbocycles. The van der Waals surface area contributed by atoms with Gasteiger partial charge in [0, 0.05) is 36.9 Å². The van der Waals surface area contributed by atoms with Crippen LogP contribution < -0.4 is 5.73 Å². The van der Waals surface area contributed by atoms with Gasteiger partial charge in [0.05, 0.1) is 6.20 Å². The maximum absolute atomic E-state index is 6.10. The molecule has 4 heteroatoms. The van der Waals surface area contributed by atoms with E-state index in [1.807, 2.05) is 17.9 Å². The Balaban J connectivity index is 2.09. The van der Waals surface area contributed by atoms with Gasteiger partial charge in [-0.25, -0.2) is 0 Å². The van der Waals surface area contributed by atoms with E-state index in [4.69, 9.17) is 5.73 Å². The second kappa shape index (κ2) is 4.18. The molecule has 1 atom stereocenters. The molecule has 1 aliphatic heterocycles. The number of hydrogen-bond acceptors (Lipinski definition) is 3. The first kappa shape index (κ1) is 11.6. The smallest absolute Gasteiger partial charge is 0.0537 e. The van der Waals surface area contributed by atoms with Gasteiger partial charge in [-0.15, -0.1) is 0 Å². The van der Waals surface area contributed by atoms with Gasteiger partial charge in [0.2, 0.25) is 0 Å². The topological polar surface area (TPSA) is 47.1 Å². The lowest BCUT2D eigenvalue weighted by molar-refractivity contribution is 0.211. The van der Waals surface area contributed by atoms with Crippen LogP contribution in [0.4, 0.5) is 0 Å². The minimum absolute atomic E-state index is 0.120. The number of aromatic nitrogens is 2. The van der Waals surface area contributed by atoms with Gasteiger partial charge >= 0.3 is 0 Å². The van der Waals surface area contributed by atoms with Crippen molar-refractivity contribution < 1.29 is 0 Å². The van der Waals surface area contributed by atoms with E-state index in [0.29, 0.717) is 6.04 Å². The van der Waals surface area contributed by atoms with Crippen molar-refractivity contribution in [1.29, 1.82) is 0 Å². The molecule has 4 nitrogen and oxygen atoms in total. The molecule has 0 spiro atoms. The van der Waals surface area contributed by atoms with Crippen LogP contribution in [0, 0.1) is 0 Å². The number of rotatable bonds is 3. The van der Waals surface area contributed by atoms with E-state index < -0.39 is 0 Å². The summed E-state index contributed by atoms with van der Waals surface area (Å²) >= 11 is 0. The highest BCUT2D eigenvalue weighted by molar-refractivity contribution is 5.12. The van der Waals surface area contributed by atoms with Crippen molar-refractivity contribution >= 4 is 0 Å². The molecule has 2 N–H and O–H groups in total. The zero-order valence-electron chi connectivity index (χ0n) is 10.5. The second-order valence-corrected chi connectivity index (χ2v) is 5.56. The Kier molecular flexibility index (Phi) is 3.04. The number of nitrogens with two attached hydrogens (primary N) is 1. The summed E-state index contributed by atoms with van der Waals surface area (Å²) in [6.45, 7) is 6.28. The summed E-state index contributed by atoms with van der Waals surface area (Å²) in [7, 11) is 1.97. The fourth-order valence-corrected chi connectivity index (χ4v) is 2.53. The van der Waals surface area contributed by atoms with Gasteiger partial charge in [0.15, 0.2) is 0 Å². The molecule has 0 bridgehead atoms. The summed E-state index contributed by atoms with van der Waals surface area (Å²) in [5, 5.41) is 4.25. The Morgan fingerprint density at radius 1 is 1.56 bits per heavy atom. The Morgan fingerprint density at radius 2 is 2.31 bits per heavy atom. The quantitative estimate of drug-likeness (QED) is 0.838. The molecule has 1 unspecified atom stereocenters. The minimum Gasteiger partial charge on any atom is -0.324 e. The standard InChI is InChI=1S/C12H22N4/c1-12(2,13)9-16-6-4-5-11(16)10-7-14-15(3)8-10/h7-8,11H,4-6,9,13H2,1-3H3. The molecule has 90 valence electrons. The monoisotopic (exact) mass is 222 g/mol. The predicted molar refractivity (Wildman–Crippen MR) is 65.0 cm³/mol. The molecule has 1 saturated heterocycles. The minimum atomic E-state index is -0.120. The molecule has 1 fully saturated rings. The molecular weight excluding hydrogens is 200 g/mol. The second-order valence-electron chi connectivity index (χ2n) is 5.56. The van der Waals surface area contributed by atoms with Crippen LogP contribution in [0.5, 0.6) is 0 Å². The lowest BCUT2D eigenvalue weighted by Crippen LogP contribution is -2.45. The van der Waals surface area contributed by atoms with E-state index in [0.717, 1.165) is 13.1 Å². The van der Waals surface area contributed by atoms with Gasteiger partial charge in [-0.2, -0.15) is 5.10 Å². The molecule has 2 heterocycles. The van der Waals surface area contributed by atoms with Crippen LogP contribution in [0.25, 0.3) is 0 Å². The predicted octanol–water partition coefficient (Wildman–Crippen LogP) is 1.29. The van der Waals surface area contributed by atoms with Crippen molar-refractivity contribution in [2.75, 3.05) is 13.1 Å². The Morgan fingerprint density at radius 3 is 2.88 bits per heavy atom. The number of likely N-dealkylation sites (tertiary alicyclic amines) is 1. The average molecular weight is 222 g/mol. The molecule has 1 aliphatic rings. The van der Waals surface area contributed by atoms with Crippen molar-refractivity contribution in [2.24, 2.45) is 12.8 Å². The lowest BCUT2D eigenvalue weighted by Gasteiger charge is -2.30. The molecule has 16 heavy (non-hydrogen) atoms. The normalized spacial score (nSPS) is 22.9. The summed E-state index contributed by atoms with van der Waals surface area (Å²) in [6.07, 6.45) is 6.58. The van der Waals surface area contributed by atoms with Crippen LogP contribution >= 0.6 is 0 Å². The third-order valence-corrected chi connectivity index (χ3v) is 3.08. The maximum atomic E-state index is 6.10. The molecule has 0 aliphatic carbocycles. The van der Waals surface area contributed by atoms with E-state index in [1.54, 1.807) is 0 Å². The zero-order valence-corrected chi connectivity index (χ0v) is 10.5. The van der Waals surface area contributed by atoms with E-state index in [2.05, 4.69) is 30.0 Å². The Hall–Kier alpha value is -0.870. The third kappa shape index (κ3) is 2.62. The van der Waals surface area contributed by atoms with Gasteiger partial charge < -0.3 is 5.73 Å². The van der Waals surface area contributed by atoms with Gasteiger partial charge in [-0.1, -0.05) is 0 Å². The van der Waals surface area contributed by atoms with Crippen LogP contribution in [0.1, 0.15) is 38.3 Å². The molecule has 0 radical (unpaired) electrons. The largest absolute Gasteiger partial charge is 0.324 e. The van der Waals surface area contributed by atoms with E-state index in [-0.39, 0.29) is 5.54 Å². The number of hydrogen-bond donors (Lipinski definition) is 1. The maximum Gasteiger partial charge on any atom is 0.0537 e.